The smallest absolute Gasteiger partial charge is 0.364 e. The Morgan fingerprint density at radius 2 is 1.53 bits per heavy atom. The summed E-state index contributed by atoms with van der Waals surface area (Å²) in [5.74, 6) is -7.87. The first-order valence-corrected chi connectivity index (χ1v) is 30.2. The molecule has 4 aliphatic rings. The maximum absolute atomic E-state index is 14.0. The van der Waals surface area contributed by atoms with Crippen molar-refractivity contribution in [2.75, 3.05) is 59.5 Å². The normalized spacial score (nSPS) is 23.5. The summed E-state index contributed by atoms with van der Waals surface area (Å²) in [5, 5.41) is 117. The molecule has 13 atom stereocenters. The van der Waals surface area contributed by atoms with Crippen LogP contribution < -0.4 is 30.8 Å². The van der Waals surface area contributed by atoms with Crippen LogP contribution in [0, 0.1) is 0 Å². The number of aliphatic carboxylic acids is 1. The molecule has 0 bridgehead atoms. The Kier molecular flexibility index (Phi) is 26.8. The number of anilines is 1. The number of rotatable bonds is 33. The number of carboxylic acid groups (broad SMARTS) is 2. The zero-order valence-corrected chi connectivity index (χ0v) is 51.0. The molecule has 2 saturated heterocycles. The maximum Gasteiger partial charge on any atom is 0.364 e. The molecule has 25 heteroatoms. The standard InChI is InChI=1S/C63H89N5O20/c1-7-8-9-10-11-12-13-14-15-16-17-18-19-20-45(72)44(35-84-61-56(78)58(55(77)50(34-70)86-61)88-63(62(82)83)32-46(73)53(65-36(2)71)57(87-63)54(76)47(74)33-69)66-51(75)27-28-64-59(79)37-21-24-40(60(80)81)43(29-37)52-41-25-22-38(67(3)4)30-48(41)85-49-31-39(68(5)6)23-26-42(49)52/h19-26,29-31,44-47,50,53-58,61,69-70,72-74,76-78H,7-18,27-28,32-35H2,1-6H3,(H4-,64,65,66,71,75,79,80,81,82,83)/p+1/b20-19+/t44-,45+,46+,47+,50+,53-,54+,55-,56+,57-,58-,61+,63+/m0/s1. The number of aromatic carboxylic acids is 1. The first-order chi connectivity index (χ1) is 41.9. The van der Waals surface area contributed by atoms with Gasteiger partial charge >= 0.3 is 11.9 Å². The molecule has 2 aromatic rings. The third-order valence-electron chi connectivity index (χ3n) is 16.0. The monoisotopic (exact) mass is 1240 g/mol. The van der Waals surface area contributed by atoms with E-state index in [4.69, 9.17) is 23.4 Å². The Hall–Kier alpha value is -6.46. The number of unbranched alkanes of at least 4 members (excludes halogenated alkanes) is 11. The van der Waals surface area contributed by atoms with Crippen molar-refractivity contribution >= 4 is 46.3 Å². The molecule has 3 amide bonds. The Labute approximate surface area is 511 Å². The van der Waals surface area contributed by atoms with Gasteiger partial charge in [0.25, 0.3) is 11.7 Å². The number of allylic oxidation sites excluding steroid dienone is 1. The second kappa shape index (κ2) is 33.4. The van der Waals surface area contributed by atoms with Gasteiger partial charge in [0, 0.05) is 80.3 Å². The summed E-state index contributed by atoms with van der Waals surface area (Å²) in [7, 11) is 7.51. The lowest BCUT2D eigenvalue weighted by atomic mass is 9.88. The average Bonchev–Trinajstić information content (AvgIpc) is 3.04. The zero-order chi connectivity index (χ0) is 64.4. The fourth-order valence-electron chi connectivity index (χ4n) is 11.0. The van der Waals surface area contributed by atoms with Crippen LogP contribution in [0.5, 0.6) is 0 Å². The number of ether oxygens (including phenoxy) is 4. The van der Waals surface area contributed by atoms with Crippen LogP contribution in [0.4, 0.5) is 5.69 Å². The van der Waals surface area contributed by atoms with Gasteiger partial charge in [0.2, 0.25) is 17.2 Å². The van der Waals surface area contributed by atoms with E-state index >= 15 is 0 Å². The summed E-state index contributed by atoms with van der Waals surface area (Å²) in [4.78, 5) is 67.8. The van der Waals surface area contributed by atoms with Crippen LogP contribution in [0.25, 0.3) is 33.4 Å². The van der Waals surface area contributed by atoms with Crippen molar-refractivity contribution in [1.82, 2.24) is 20.5 Å². The Morgan fingerprint density at radius 1 is 0.852 bits per heavy atom. The number of nitrogens with one attached hydrogen (secondary N) is 3. The number of aliphatic hydroxyl groups is 8. The maximum atomic E-state index is 14.0. The van der Waals surface area contributed by atoms with E-state index < -0.39 is 135 Å². The second-order valence-electron chi connectivity index (χ2n) is 23.1. The predicted molar refractivity (Wildman–Crippen MR) is 323 cm³/mol. The van der Waals surface area contributed by atoms with E-state index in [9.17, 15) is 75.0 Å². The van der Waals surface area contributed by atoms with E-state index in [-0.39, 0.29) is 29.7 Å². The van der Waals surface area contributed by atoms with E-state index in [2.05, 4.69) is 22.9 Å². The van der Waals surface area contributed by atoms with E-state index in [1.807, 2.05) is 74.1 Å². The molecule has 0 spiro atoms. The molecule has 88 heavy (non-hydrogen) atoms. The number of hydrogen-bond acceptors (Lipinski definition) is 19. The van der Waals surface area contributed by atoms with Crippen LogP contribution in [0.2, 0.25) is 0 Å². The summed E-state index contributed by atoms with van der Waals surface area (Å²) in [6, 6.07) is 12.4. The molecule has 0 unspecified atom stereocenters. The number of nitrogens with zero attached hydrogens (tertiary/aromatic N) is 2. The number of benzene rings is 3. The lowest BCUT2D eigenvalue weighted by molar-refractivity contribution is -0.370. The molecule has 3 aliphatic heterocycles. The minimum absolute atomic E-state index is 0.0779. The van der Waals surface area contributed by atoms with E-state index in [1.54, 1.807) is 6.08 Å². The first kappa shape index (κ1) is 70.6. The number of carboxylic acids is 2. The van der Waals surface area contributed by atoms with Crippen LogP contribution in [0.3, 0.4) is 0 Å². The molecule has 2 fully saturated rings. The van der Waals surface area contributed by atoms with Crippen molar-refractivity contribution in [2.24, 2.45) is 0 Å². The van der Waals surface area contributed by atoms with Gasteiger partial charge in [0.1, 0.15) is 68.2 Å². The molecule has 2 aromatic carbocycles. The third kappa shape index (κ3) is 18.3. The molecule has 6 rings (SSSR count). The molecule has 0 radical (unpaired) electrons. The third-order valence-corrected chi connectivity index (χ3v) is 16.0. The molecule has 3 heterocycles. The van der Waals surface area contributed by atoms with Gasteiger partial charge in [-0.05, 0) is 54.8 Å². The highest BCUT2D eigenvalue weighted by Crippen LogP contribution is 2.43. The summed E-state index contributed by atoms with van der Waals surface area (Å²) in [6.45, 7) is 0.337. The van der Waals surface area contributed by atoms with Gasteiger partial charge in [-0.1, -0.05) is 83.3 Å². The van der Waals surface area contributed by atoms with Crippen molar-refractivity contribution in [1.29, 1.82) is 0 Å². The fraction of sp³-hybridized carbons (Fsp3) is 0.587. The van der Waals surface area contributed by atoms with Gasteiger partial charge in [-0.25, -0.2) is 14.2 Å². The average molecular weight is 1240 g/mol. The molecule has 13 N–H and O–H groups in total. The Balaban J connectivity index is 1.20. The molecule has 0 aromatic heterocycles. The number of amides is 3. The number of carbonyl (C=O) groups excluding carboxylic acids is 3. The van der Waals surface area contributed by atoms with Gasteiger partial charge in [-0.2, -0.15) is 0 Å². The largest absolute Gasteiger partial charge is 0.478 e. The van der Waals surface area contributed by atoms with Crippen molar-refractivity contribution < 1.29 is 98.4 Å². The van der Waals surface area contributed by atoms with Crippen LogP contribution >= 0.6 is 0 Å². The summed E-state index contributed by atoms with van der Waals surface area (Å²) >= 11 is 0. The van der Waals surface area contributed by atoms with Gasteiger partial charge in [-0.3, -0.25) is 14.4 Å². The molecule has 0 saturated carbocycles. The fourth-order valence-corrected chi connectivity index (χ4v) is 11.0. The quantitative estimate of drug-likeness (QED) is 0.0141. The van der Waals surface area contributed by atoms with Crippen LogP contribution in [0.1, 0.15) is 124 Å². The lowest BCUT2D eigenvalue weighted by Gasteiger charge is -2.50. The SMILES string of the molecule is CCCCCCCCCCCCC/C=C/[C@@H](O)[C@H](CO[C@@H]1O[C@H](CO)[C@H](O)[C@H](O[C@@]2(C(=O)O)C[C@@H](O)[C@H](NC(C)=O)[C@@H]([C@H](O)[C@H](O)CO)O2)[C@H]1O)NC(=O)CCNC(=O)c1ccc(C(=O)O)c(-c2c3ccc(=[N+](C)C)cc-3oc3cc(N(C)C)ccc23)c1. The number of aliphatic hydroxyl groups excluding tert-OH is 8. The van der Waals surface area contributed by atoms with Gasteiger partial charge in [-0.15, -0.1) is 0 Å². The minimum atomic E-state index is -3.05. The van der Waals surface area contributed by atoms with Crippen LogP contribution in [-0.2, 0) is 33.3 Å². The highest BCUT2D eigenvalue weighted by Gasteiger charge is 2.59. The minimum Gasteiger partial charge on any atom is -0.478 e. The number of carbonyl (C=O) groups is 5. The second-order valence-corrected chi connectivity index (χ2v) is 23.1. The van der Waals surface area contributed by atoms with E-state index in [0.717, 1.165) is 50.1 Å². The van der Waals surface area contributed by atoms with Gasteiger partial charge in [0.15, 0.2) is 6.29 Å². The molecule has 25 nitrogen and oxygen atoms in total. The lowest BCUT2D eigenvalue weighted by Crippen LogP contribution is -2.70. The van der Waals surface area contributed by atoms with Crippen molar-refractivity contribution in [3.63, 3.8) is 0 Å². The van der Waals surface area contributed by atoms with Crippen molar-refractivity contribution in [3.05, 3.63) is 83.2 Å². The summed E-state index contributed by atoms with van der Waals surface area (Å²) in [5.41, 5.74) is 2.64. The van der Waals surface area contributed by atoms with Gasteiger partial charge < -0.3 is 95.3 Å². The van der Waals surface area contributed by atoms with E-state index in [1.165, 1.54) is 62.8 Å². The topological polar surface area (TPSA) is 380 Å². The molecular formula is C63H90N5O20+. The van der Waals surface area contributed by atoms with Crippen molar-refractivity contribution in [2.45, 2.75) is 183 Å². The molecular weight excluding hydrogens is 1150 g/mol. The van der Waals surface area contributed by atoms with Crippen LogP contribution in [-0.4, -0.2) is 214 Å². The van der Waals surface area contributed by atoms with Crippen molar-refractivity contribution in [3.8, 4) is 22.5 Å². The van der Waals surface area contributed by atoms with E-state index in [0.29, 0.717) is 34.3 Å². The summed E-state index contributed by atoms with van der Waals surface area (Å²) in [6.07, 6.45) is -4.35. The predicted octanol–water partition coefficient (Wildman–Crippen LogP) is 2.21. The first-order valence-electron chi connectivity index (χ1n) is 30.2. The Morgan fingerprint density at radius 3 is 2.15 bits per heavy atom. The zero-order valence-electron chi connectivity index (χ0n) is 51.0. The number of fused-ring (bicyclic) bond motifs is 2. The highest BCUT2D eigenvalue weighted by molar-refractivity contribution is 6.09. The van der Waals surface area contributed by atoms with Crippen LogP contribution in [0.15, 0.2) is 71.2 Å². The molecule has 1 aliphatic carbocycles. The Bertz CT molecular complexity index is 3040. The summed E-state index contributed by atoms with van der Waals surface area (Å²) < 4.78 is 31.5. The highest BCUT2D eigenvalue weighted by atomic mass is 16.8. The van der Waals surface area contributed by atoms with Gasteiger partial charge in [0.05, 0.1) is 55.7 Å². The number of hydrogen-bond donors (Lipinski definition) is 13. The molecule has 486 valence electrons.